The number of benzene rings is 3. The Morgan fingerprint density at radius 3 is 2.38 bits per heavy atom. The Morgan fingerprint density at radius 2 is 1.66 bits per heavy atom. The van der Waals surface area contributed by atoms with Gasteiger partial charge in [-0.3, -0.25) is 0 Å². The van der Waals surface area contributed by atoms with Gasteiger partial charge in [-0.25, -0.2) is 0 Å². The molecule has 0 aliphatic rings. The zero-order valence-corrected chi connectivity index (χ0v) is 18.8. The molecule has 0 aliphatic heterocycles. The lowest BCUT2D eigenvalue weighted by Crippen LogP contribution is -2.18. The lowest BCUT2D eigenvalue weighted by Gasteiger charge is -2.16. The first-order chi connectivity index (χ1) is 15.2. The normalized spacial score (nSPS) is 11.4. The van der Waals surface area contributed by atoms with Gasteiger partial charge in [0.1, 0.15) is 0 Å². The lowest BCUT2D eigenvalue weighted by atomic mass is 10.1. The molecule has 8 heteroatoms. The predicted octanol–water partition coefficient (Wildman–Crippen LogP) is 5.13. The second kappa shape index (κ2) is 11.3. The molecule has 1 heterocycles. The first-order valence-corrected chi connectivity index (χ1v) is 10.3. The van der Waals surface area contributed by atoms with Crippen LogP contribution in [0.1, 0.15) is 31.0 Å². The van der Waals surface area contributed by atoms with E-state index < -0.39 is 0 Å². The summed E-state index contributed by atoms with van der Waals surface area (Å²) in [4.78, 5) is 0. The summed E-state index contributed by atoms with van der Waals surface area (Å²) in [5, 5.41) is 15.3. The molecule has 0 saturated carbocycles. The van der Waals surface area contributed by atoms with Gasteiger partial charge in [0.15, 0.2) is 11.5 Å². The Hall–Kier alpha value is -3.42. The van der Waals surface area contributed by atoms with Crippen LogP contribution in [0.4, 0.5) is 0 Å². The Balaban J connectivity index is 0.00000289. The van der Waals surface area contributed by atoms with Crippen LogP contribution < -0.4 is 14.8 Å². The molecule has 1 unspecified atom stereocenters. The number of nitrogens with zero attached hydrogens (tertiary/aromatic N) is 4. The average Bonchev–Trinajstić information content (AvgIpc) is 3.28. The SMILES string of the molecule is CCOc1cc(CNC(C)c2ccccc2)ccc1Oc1nnnn1-c1ccccc1.Cl. The molecule has 4 aromatic rings. The highest BCUT2D eigenvalue weighted by molar-refractivity contribution is 5.85. The zero-order chi connectivity index (χ0) is 21.5. The van der Waals surface area contributed by atoms with E-state index in [0.29, 0.717) is 24.7 Å². The Bertz CT molecular complexity index is 1110. The molecule has 166 valence electrons. The van der Waals surface area contributed by atoms with Crippen molar-refractivity contribution in [3.63, 3.8) is 0 Å². The van der Waals surface area contributed by atoms with Crippen molar-refractivity contribution in [1.29, 1.82) is 0 Å². The van der Waals surface area contributed by atoms with Crippen LogP contribution in [0, 0.1) is 0 Å². The van der Waals surface area contributed by atoms with E-state index in [1.54, 1.807) is 4.68 Å². The molecule has 0 fully saturated rings. The summed E-state index contributed by atoms with van der Waals surface area (Å²) in [7, 11) is 0. The van der Waals surface area contributed by atoms with Gasteiger partial charge in [0, 0.05) is 12.6 Å². The van der Waals surface area contributed by atoms with Crippen molar-refractivity contribution in [3.8, 4) is 23.2 Å². The summed E-state index contributed by atoms with van der Waals surface area (Å²) >= 11 is 0. The molecule has 0 spiro atoms. The van der Waals surface area contributed by atoms with Gasteiger partial charge in [0.25, 0.3) is 0 Å². The lowest BCUT2D eigenvalue weighted by molar-refractivity contribution is 0.315. The van der Waals surface area contributed by atoms with Crippen LogP contribution in [-0.4, -0.2) is 26.8 Å². The fourth-order valence-corrected chi connectivity index (χ4v) is 3.22. The van der Waals surface area contributed by atoms with E-state index in [1.807, 2.05) is 61.5 Å². The van der Waals surface area contributed by atoms with Crippen molar-refractivity contribution >= 4 is 12.4 Å². The van der Waals surface area contributed by atoms with Crippen LogP contribution in [0.2, 0.25) is 0 Å². The summed E-state index contributed by atoms with van der Waals surface area (Å²) in [6.45, 7) is 5.33. The van der Waals surface area contributed by atoms with E-state index >= 15 is 0 Å². The number of ether oxygens (including phenoxy) is 2. The number of hydrogen-bond acceptors (Lipinski definition) is 6. The third kappa shape index (κ3) is 5.63. The zero-order valence-electron chi connectivity index (χ0n) is 18.0. The second-order valence-electron chi connectivity index (χ2n) is 7.04. The van der Waals surface area contributed by atoms with Gasteiger partial charge in [-0.2, -0.15) is 4.68 Å². The number of halogens is 1. The Morgan fingerprint density at radius 1 is 0.938 bits per heavy atom. The van der Waals surface area contributed by atoms with Gasteiger partial charge in [-0.1, -0.05) is 59.7 Å². The first kappa shape index (κ1) is 23.2. The minimum atomic E-state index is 0. The smallest absolute Gasteiger partial charge is 0.346 e. The van der Waals surface area contributed by atoms with Crippen LogP contribution in [0.25, 0.3) is 5.69 Å². The van der Waals surface area contributed by atoms with Crippen LogP contribution in [-0.2, 0) is 6.54 Å². The van der Waals surface area contributed by atoms with Gasteiger partial charge < -0.3 is 14.8 Å². The van der Waals surface area contributed by atoms with Gasteiger partial charge in [-0.15, -0.1) is 12.4 Å². The summed E-state index contributed by atoms with van der Waals surface area (Å²) in [5.41, 5.74) is 3.16. The van der Waals surface area contributed by atoms with Gasteiger partial charge in [0.2, 0.25) is 0 Å². The quantitative estimate of drug-likeness (QED) is 0.380. The largest absolute Gasteiger partial charge is 0.490 e. The minimum Gasteiger partial charge on any atom is -0.490 e. The molecular formula is C24H26ClN5O2. The Labute approximate surface area is 193 Å². The number of hydrogen-bond donors (Lipinski definition) is 1. The van der Waals surface area contributed by atoms with Gasteiger partial charge >= 0.3 is 6.01 Å². The molecule has 1 N–H and O–H groups in total. The molecule has 32 heavy (non-hydrogen) atoms. The van der Waals surface area contributed by atoms with E-state index in [1.165, 1.54) is 5.56 Å². The molecule has 0 amide bonds. The standard InChI is InChI=1S/C24H25N5O2.ClH/c1-3-30-23-16-19(17-25-18(2)20-10-6-4-7-11-20)14-15-22(23)31-24-26-27-28-29(24)21-12-8-5-9-13-21;/h4-16,18,25H,3,17H2,1-2H3;1H. The average molecular weight is 452 g/mol. The maximum atomic E-state index is 6.02. The summed E-state index contributed by atoms with van der Waals surface area (Å²) in [6.07, 6.45) is 0. The van der Waals surface area contributed by atoms with Crippen molar-refractivity contribution in [2.45, 2.75) is 26.4 Å². The highest BCUT2D eigenvalue weighted by Gasteiger charge is 2.15. The first-order valence-electron chi connectivity index (χ1n) is 10.3. The fraction of sp³-hybridized carbons (Fsp3) is 0.208. The van der Waals surface area contributed by atoms with E-state index in [9.17, 15) is 0 Å². The number of rotatable bonds is 9. The third-order valence-electron chi connectivity index (χ3n) is 4.86. The van der Waals surface area contributed by atoms with Gasteiger partial charge in [0.05, 0.1) is 12.3 Å². The maximum Gasteiger partial charge on any atom is 0.346 e. The van der Waals surface area contributed by atoms with Crippen molar-refractivity contribution in [3.05, 3.63) is 90.0 Å². The van der Waals surface area contributed by atoms with E-state index in [2.05, 4.69) is 52.0 Å². The van der Waals surface area contributed by atoms with Crippen molar-refractivity contribution in [2.24, 2.45) is 0 Å². The molecular weight excluding hydrogens is 426 g/mol. The number of tetrazole rings is 1. The van der Waals surface area contributed by atoms with Crippen LogP contribution in [0.5, 0.6) is 17.5 Å². The van der Waals surface area contributed by atoms with Gasteiger partial charge in [-0.05, 0) is 59.7 Å². The van der Waals surface area contributed by atoms with E-state index in [-0.39, 0.29) is 24.5 Å². The van der Waals surface area contributed by atoms with Crippen LogP contribution in [0.15, 0.2) is 78.9 Å². The number of aromatic nitrogens is 4. The topological polar surface area (TPSA) is 74.1 Å². The molecule has 4 rings (SSSR count). The maximum absolute atomic E-state index is 6.02. The summed E-state index contributed by atoms with van der Waals surface area (Å²) in [5.74, 6) is 1.21. The molecule has 7 nitrogen and oxygen atoms in total. The van der Waals surface area contributed by atoms with E-state index in [0.717, 1.165) is 11.3 Å². The highest BCUT2D eigenvalue weighted by Crippen LogP contribution is 2.32. The molecule has 1 atom stereocenters. The molecule has 3 aromatic carbocycles. The minimum absolute atomic E-state index is 0. The summed E-state index contributed by atoms with van der Waals surface area (Å²) < 4.78 is 13.4. The van der Waals surface area contributed by atoms with Crippen LogP contribution >= 0.6 is 12.4 Å². The highest BCUT2D eigenvalue weighted by atomic mass is 35.5. The molecule has 0 radical (unpaired) electrons. The number of para-hydroxylation sites is 1. The number of nitrogens with one attached hydrogen (secondary N) is 1. The Kier molecular flexibility index (Phi) is 8.19. The molecule has 1 aromatic heterocycles. The van der Waals surface area contributed by atoms with E-state index in [4.69, 9.17) is 9.47 Å². The predicted molar refractivity (Wildman–Crippen MR) is 126 cm³/mol. The molecule has 0 saturated heterocycles. The molecule has 0 bridgehead atoms. The van der Waals surface area contributed by atoms with Crippen molar-refractivity contribution in [1.82, 2.24) is 25.5 Å². The third-order valence-corrected chi connectivity index (χ3v) is 4.86. The monoisotopic (exact) mass is 451 g/mol. The fourth-order valence-electron chi connectivity index (χ4n) is 3.22. The van der Waals surface area contributed by atoms with Crippen molar-refractivity contribution in [2.75, 3.05) is 6.61 Å². The van der Waals surface area contributed by atoms with Crippen LogP contribution in [0.3, 0.4) is 0 Å². The summed E-state index contributed by atoms with van der Waals surface area (Å²) in [6, 6.07) is 26.4. The molecule has 0 aliphatic carbocycles. The second-order valence-corrected chi connectivity index (χ2v) is 7.04. The van der Waals surface area contributed by atoms with Crippen molar-refractivity contribution < 1.29 is 9.47 Å².